The van der Waals surface area contributed by atoms with E-state index in [0.29, 0.717) is 23.9 Å². The molecule has 2 rings (SSSR count). The lowest BCUT2D eigenvalue weighted by molar-refractivity contribution is 0.0162. The maximum Gasteiger partial charge on any atom is 0.338 e. The molecule has 0 fully saturated rings. The Hall–Kier alpha value is -2.76. The van der Waals surface area contributed by atoms with E-state index in [1.54, 1.807) is 0 Å². The predicted molar refractivity (Wildman–Crippen MR) is 117 cm³/mol. The van der Waals surface area contributed by atoms with Crippen molar-refractivity contribution < 1.29 is 23.1 Å². The van der Waals surface area contributed by atoms with Crippen molar-refractivity contribution >= 4 is 11.9 Å². The molecule has 0 aliphatic heterocycles. The minimum absolute atomic E-state index is 0.128. The number of carbonyl (C=O) groups excluding carboxylic acids is 2. The number of nitrogens with one attached hydrogen (secondary N) is 1. The second-order valence-corrected chi connectivity index (χ2v) is 8.97. The Morgan fingerprint density at radius 2 is 1.29 bits per heavy atom. The molecule has 0 aliphatic carbocycles. The Balaban J connectivity index is 2.16. The summed E-state index contributed by atoms with van der Waals surface area (Å²) in [7, 11) is 0. The molecule has 4 nitrogen and oxygen atoms in total. The first kappa shape index (κ1) is 24.5. The summed E-state index contributed by atoms with van der Waals surface area (Å²) in [5.74, 6) is -1.03. The summed E-state index contributed by atoms with van der Waals surface area (Å²) < 4.78 is 31.9. The summed E-state index contributed by atoms with van der Waals surface area (Å²) in [5.41, 5.74) is 0.181. The van der Waals surface area contributed by atoms with Gasteiger partial charge in [0.05, 0.1) is 12.2 Å². The second-order valence-electron chi connectivity index (χ2n) is 8.97. The van der Waals surface area contributed by atoms with Crippen LogP contribution in [0.3, 0.4) is 0 Å². The molecule has 0 atom stereocenters. The van der Waals surface area contributed by atoms with Crippen LogP contribution in [-0.2, 0) is 4.74 Å². The van der Waals surface area contributed by atoms with Crippen LogP contribution in [0, 0.1) is 28.9 Å². The Morgan fingerprint density at radius 3 is 1.74 bits per heavy atom. The van der Waals surface area contributed by atoms with Gasteiger partial charge in [0.15, 0.2) is 0 Å². The number of esters is 1. The molecule has 1 N–H and O–H groups in total. The van der Waals surface area contributed by atoms with Crippen LogP contribution in [-0.4, -0.2) is 25.0 Å². The van der Waals surface area contributed by atoms with Crippen LogP contribution in [0.1, 0.15) is 61.3 Å². The van der Waals surface area contributed by atoms with Gasteiger partial charge in [-0.3, -0.25) is 4.79 Å². The number of rotatable bonds is 10. The molecule has 0 heterocycles. The number of amides is 1. The van der Waals surface area contributed by atoms with Gasteiger partial charge in [-0.05, 0) is 73.2 Å². The molecule has 0 saturated heterocycles. The van der Waals surface area contributed by atoms with Gasteiger partial charge in [-0.2, -0.15) is 0 Å². The number of ether oxygens (including phenoxy) is 1. The highest BCUT2D eigenvalue weighted by molar-refractivity contribution is 5.94. The van der Waals surface area contributed by atoms with Crippen molar-refractivity contribution in [2.45, 2.75) is 40.5 Å². The van der Waals surface area contributed by atoms with E-state index in [0.717, 1.165) is 12.8 Å². The highest BCUT2D eigenvalue weighted by Crippen LogP contribution is 2.34. The number of benzene rings is 2. The fraction of sp³-hybridized carbons (Fsp3) is 0.440. The SMILES string of the molecule is CC(C)CC(CNC(=O)c1ccc(F)cc1)(COC(=O)c1ccc(F)cc1)CC(C)C. The number of hydrogen-bond donors (Lipinski definition) is 1. The smallest absolute Gasteiger partial charge is 0.338 e. The minimum Gasteiger partial charge on any atom is -0.461 e. The van der Waals surface area contributed by atoms with Crippen LogP contribution in [0.5, 0.6) is 0 Å². The molecule has 168 valence electrons. The van der Waals surface area contributed by atoms with Crippen molar-refractivity contribution in [3.05, 3.63) is 71.3 Å². The zero-order valence-electron chi connectivity index (χ0n) is 18.6. The highest BCUT2D eigenvalue weighted by atomic mass is 19.1. The molecular formula is C25H31F2NO3. The van der Waals surface area contributed by atoms with Gasteiger partial charge in [-0.15, -0.1) is 0 Å². The van der Waals surface area contributed by atoms with Crippen molar-refractivity contribution in [3.8, 4) is 0 Å². The van der Waals surface area contributed by atoms with Crippen LogP contribution in [0.25, 0.3) is 0 Å². The first-order chi connectivity index (χ1) is 14.6. The fourth-order valence-corrected chi connectivity index (χ4v) is 3.99. The number of hydrogen-bond acceptors (Lipinski definition) is 3. The average molecular weight is 432 g/mol. The topological polar surface area (TPSA) is 55.4 Å². The van der Waals surface area contributed by atoms with Gasteiger partial charge in [-0.25, -0.2) is 13.6 Å². The summed E-state index contributed by atoms with van der Waals surface area (Å²) in [4.78, 5) is 25.1. The summed E-state index contributed by atoms with van der Waals surface area (Å²) in [6.07, 6.45) is 1.48. The Morgan fingerprint density at radius 1 is 0.839 bits per heavy atom. The maximum atomic E-state index is 13.1. The standard InChI is InChI=1S/C25H31F2NO3/c1-17(2)13-25(14-18(3)4,15-28-23(29)19-5-9-21(26)10-6-19)16-31-24(30)20-7-11-22(27)12-8-20/h5-12,17-18H,13-16H2,1-4H3,(H,28,29). The number of halogens is 2. The van der Waals surface area contributed by atoms with Gasteiger partial charge < -0.3 is 10.1 Å². The maximum absolute atomic E-state index is 13.1. The van der Waals surface area contributed by atoms with E-state index in [2.05, 4.69) is 33.0 Å². The van der Waals surface area contributed by atoms with E-state index in [4.69, 9.17) is 4.74 Å². The zero-order valence-corrected chi connectivity index (χ0v) is 18.6. The molecule has 0 radical (unpaired) electrons. The van der Waals surface area contributed by atoms with Crippen molar-refractivity contribution in [2.75, 3.05) is 13.2 Å². The molecule has 31 heavy (non-hydrogen) atoms. The third-order valence-electron chi connectivity index (χ3n) is 5.00. The Bertz CT molecular complexity index is 788. The third-order valence-corrected chi connectivity index (χ3v) is 5.00. The molecule has 0 aromatic heterocycles. The van der Waals surface area contributed by atoms with Crippen LogP contribution in [0.15, 0.2) is 48.5 Å². The predicted octanol–water partition coefficient (Wildman–Crippen LogP) is 5.63. The number of carbonyl (C=O) groups is 2. The van der Waals surface area contributed by atoms with Crippen LogP contribution in [0.4, 0.5) is 8.78 Å². The van der Waals surface area contributed by atoms with Gasteiger partial charge in [0.1, 0.15) is 11.6 Å². The van der Waals surface area contributed by atoms with E-state index in [1.807, 2.05) is 0 Å². The Kier molecular flexibility index (Phi) is 8.72. The molecule has 0 bridgehead atoms. The lowest BCUT2D eigenvalue weighted by Crippen LogP contribution is -2.43. The van der Waals surface area contributed by atoms with Crippen LogP contribution in [0.2, 0.25) is 0 Å². The molecule has 1 amide bonds. The largest absolute Gasteiger partial charge is 0.461 e. The molecule has 0 aliphatic rings. The molecule has 0 spiro atoms. The lowest BCUT2D eigenvalue weighted by atomic mass is 9.74. The van der Waals surface area contributed by atoms with E-state index in [1.165, 1.54) is 48.5 Å². The summed E-state index contributed by atoms with van der Waals surface area (Å²) in [6.45, 7) is 8.77. The van der Waals surface area contributed by atoms with E-state index in [9.17, 15) is 18.4 Å². The van der Waals surface area contributed by atoms with Crippen molar-refractivity contribution in [1.82, 2.24) is 5.32 Å². The molecule has 2 aromatic carbocycles. The fourth-order valence-electron chi connectivity index (χ4n) is 3.99. The van der Waals surface area contributed by atoms with Crippen molar-refractivity contribution in [3.63, 3.8) is 0 Å². The van der Waals surface area contributed by atoms with Gasteiger partial charge in [-0.1, -0.05) is 27.7 Å². The Labute approximate surface area is 183 Å². The summed E-state index contributed by atoms with van der Waals surface area (Å²) in [6, 6.07) is 10.6. The molecular weight excluding hydrogens is 400 g/mol. The molecule has 0 saturated carbocycles. The summed E-state index contributed by atoms with van der Waals surface area (Å²) in [5, 5.41) is 2.94. The average Bonchev–Trinajstić information content (AvgIpc) is 2.70. The lowest BCUT2D eigenvalue weighted by Gasteiger charge is -2.36. The van der Waals surface area contributed by atoms with Crippen LogP contribution < -0.4 is 5.32 Å². The van der Waals surface area contributed by atoms with Gasteiger partial charge >= 0.3 is 5.97 Å². The molecule has 6 heteroatoms. The van der Waals surface area contributed by atoms with E-state index in [-0.39, 0.29) is 18.1 Å². The van der Waals surface area contributed by atoms with Gasteiger partial charge in [0.25, 0.3) is 5.91 Å². The monoisotopic (exact) mass is 431 g/mol. The normalized spacial score (nSPS) is 11.6. The van der Waals surface area contributed by atoms with Crippen molar-refractivity contribution in [1.29, 1.82) is 0 Å². The van der Waals surface area contributed by atoms with Crippen LogP contribution >= 0.6 is 0 Å². The van der Waals surface area contributed by atoms with E-state index >= 15 is 0 Å². The second kappa shape index (κ2) is 11.0. The first-order valence-electron chi connectivity index (χ1n) is 10.6. The van der Waals surface area contributed by atoms with Crippen molar-refractivity contribution in [2.24, 2.45) is 17.3 Å². The quantitative estimate of drug-likeness (QED) is 0.496. The highest BCUT2D eigenvalue weighted by Gasteiger charge is 2.34. The van der Waals surface area contributed by atoms with E-state index < -0.39 is 23.0 Å². The minimum atomic E-state index is -0.526. The van der Waals surface area contributed by atoms with Gasteiger partial charge in [0, 0.05) is 17.5 Å². The van der Waals surface area contributed by atoms with Gasteiger partial charge in [0.2, 0.25) is 0 Å². The summed E-state index contributed by atoms with van der Waals surface area (Å²) >= 11 is 0. The first-order valence-corrected chi connectivity index (χ1v) is 10.6. The molecule has 0 unspecified atom stereocenters. The third kappa shape index (κ3) is 7.78. The molecule has 2 aromatic rings. The zero-order chi connectivity index (χ0) is 23.0.